The van der Waals surface area contributed by atoms with E-state index in [2.05, 4.69) is 10.3 Å². The Morgan fingerprint density at radius 2 is 2.00 bits per heavy atom. The van der Waals surface area contributed by atoms with Gasteiger partial charge in [0.05, 0.1) is 19.3 Å². The first kappa shape index (κ1) is 13.5. The first-order chi connectivity index (χ1) is 9.31. The number of ether oxygens (including phenoxy) is 1. The standard InChI is InChI=1S/C14H19N3O2/c1-19-14-7-5-12(6-8-14)10-17-11-13(15-16-17)4-2-3-9-18/h5-8,11,18H,2-4,9-10H2,1H3. The lowest BCUT2D eigenvalue weighted by molar-refractivity contribution is 0.284. The minimum atomic E-state index is 0.236. The molecule has 19 heavy (non-hydrogen) atoms. The maximum absolute atomic E-state index is 8.74. The lowest BCUT2D eigenvalue weighted by Crippen LogP contribution is -2.00. The Morgan fingerprint density at radius 3 is 2.68 bits per heavy atom. The first-order valence-electron chi connectivity index (χ1n) is 6.44. The van der Waals surface area contributed by atoms with Crippen LogP contribution in [0.4, 0.5) is 0 Å². The third-order valence-corrected chi connectivity index (χ3v) is 2.93. The van der Waals surface area contributed by atoms with Gasteiger partial charge >= 0.3 is 0 Å². The molecule has 1 aromatic heterocycles. The molecule has 102 valence electrons. The van der Waals surface area contributed by atoms with Crippen LogP contribution in [0.2, 0.25) is 0 Å². The largest absolute Gasteiger partial charge is 0.497 e. The molecule has 0 aliphatic heterocycles. The van der Waals surface area contributed by atoms with Crippen molar-refractivity contribution in [2.75, 3.05) is 13.7 Å². The number of unbranched alkanes of at least 4 members (excludes halogenated alkanes) is 1. The zero-order valence-electron chi connectivity index (χ0n) is 11.1. The number of hydrogen-bond acceptors (Lipinski definition) is 4. The minimum absolute atomic E-state index is 0.236. The van der Waals surface area contributed by atoms with Crippen molar-refractivity contribution in [2.24, 2.45) is 0 Å². The molecular formula is C14H19N3O2. The molecule has 0 bridgehead atoms. The molecule has 0 radical (unpaired) electrons. The maximum Gasteiger partial charge on any atom is 0.118 e. The van der Waals surface area contributed by atoms with Crippen molar-refractivity contribution in [3.63, 3.8) is 0 Å². The maximum atomic E-state index is 8.74. The van der Waals surface area contributed by atoms with Crippen molar-refractivity contribution in [1.82, 2.24) is 15.0 Å². The summed E-state index contributed by atoms with van der Waals surface area (Å²) in [5.74, 6) is 0.854. The number of aliphatic hydroxyl groups is 1. The van der Waals surface area contributed by atoms with E-state index in [-0.39, 0.29) is 6.61 Å². The molecule has 1 N–H and O–H groups in total. The van der Waals surface area contributed by atoms with Crippen molar-refractivity contribution in [2.45, 2.75) is 25.8 Å². The van der Waals surface area contributed by atoms with Crippen LogP contribution in [0.25, 0.3) is 0 Å². The Kier molecular flexibility index (Phi) is 4.92. The zero-order chi connectivity index (χ0) is 13.5. The SMILES string of the molecule is COc1ccc(Cn2cc(CCCCO)nn2)cc1. The molecule has 0 unspecified atom stereocenters. The van der Waals surface area contributed by atoms with Crippen LogP contribution >= 0.6 is 0 Å². The van der Waals surface area contributed by atoms with Gasteiger partial charge < -0.3 is 9.84 Å². The van der Waals surface area contributed by atoms with Gasteiger partial charge in [-0.2, -0.15) is 0 Å². The Morgan fingerprint density at radius 1 is 1.21 bits per heavy atom. The van der Waals surface area contributed by atoms with Crippen LogP contribution in [-0.2, 0) is 13.0 Å². The van der Waals surface area contributed by atoms with Gasteiger partial charge in [0.25, 0.3) is 0 Å². The highest BCUT2D eigenvalue weighted by molar-refractivity contribution is 5.27. The van der Waals surface area contributed by atoms with Crippen molar-refractivity contribution in [1.29, 1.82) is 0 Å². The van der Waals surface area contributed by atoms with Gasteiger partial charge in [0.1, 0.15) is 5.75 Å². The molecule has 0 fully saturated rings. The second-order valence-electron chi connectivity index (χ2n) is 4.44. The first-order valence-corrected chi connectivity index (χ1v) is 6.44. The zero-order valence-corrected chi connectivity index (χ0v) is 11.1. The van der Waals surface area contributed by atoms with Crippen LogP contribution < -0.4 is 4.74 Å². The predicted molar refractivity (Wildman–Crippen MR) is 72.1 cm³/mol. The molecule has 0 saturated carbocycles. The second kappa shape index (κ2) is 6.89. The highest BCUT2D eigenvalue weighted by Gasteiger charge is 2.02. The summed E-state index contributed by atoms with van der Waals surface area (Å²) in [5, 5.41) is 17.0. The second-order valence-corrected chi connectivity index (χ2v) is 4.44. The van der Waals surface area contributed by atoms with Crippen LogP contribution in [0.3, 0.4) is 0 Å². The topological polar surface area (TPSA) is 60.2 Å². The third-order valence-electron chi connectivity index (χ3n) is 2.93. The molecule has 0 amide bonds. The summed E-state index contributed by atoms with van der Waals surface area (Å²) in [4.78, 5) is 0. The molecular weight excluding hydrogens is 242 g/mol. The fraction of sp³-hybridized carbons (Fsp3) is 0.429. The normalized spacial score (nSPS) is 10.6. The lowest BCUT2D eigenvalue weighted by Gasteiger charge is -2.02. The summed E-state index contributed by atoms with van der Waals surface area (Å²) < 4.78 is 6.95. The highest BCUT2D eigenvalue weighted by Crippen LogP contribution is 2.12. The highest BCUT2D eigenvalue weighted by atomic mass is 16.5. The van der Waals surface area contributed by atoms with E-state index in [0.29, 0.717) is 6.54 Å². The third kappa shape index (κ3) is 4.06. The average Bonchev–Trinajstić information content (AvgIpc) is 2.88. The summed E-state index contributed by atoms with van der Waals surface area (Å²) in [6.07, 6.45) is 4.58. The van der Waals surface area contributed by atoms with Gasteiger partial charge in [-0.05, 0) is 37.0 Å². The van der Waals surface area contributed by atoms with Crippen molar-refractivity contribution >= 4 is 0 Å². The Bertz CT molecular complexity index is 494. The Balaban J connectivity index is 1.91. The fourth-order valence-corrected chi connectivity index (χ4v) is 1.87. The van der Waals surface area contributed by atoms with Crippen LogP contribution in [0, 0.1) is 0 Å². The van der Waals surface area contributed by atoms with Gasteiger partial charge in [0.2, 0.25) is 0 Å². The van der Waals surface area contributed by atoms with Crippen molar-refractivity contribution in [3.8, 4) is 5.75 Å². The number of nitrogens with zero attached hydrogens (tertiary/aromatic N) is 3. The number of methoxy groups -OCH3 is 1. The number of aliphatic hydroxyl groups excluding tert-OH is 1. The van der Waals surface area contributed by atoms with Gasteiger partial charge in [-0.3, -0.25) is 0 Å². The van der Waals surface area contributed by atoms with E-state index in [1.165, 1.54) is 0 Å². The molecule has 1 heterocycles. The number of aromatic nitrogens is 3. The number of aryl methyl sites for hydroxylation is 1. The van der Waals surface area contributed by atoms with Gasteiger partial charge in [-0.15, -0.1) is 5.10 Å². The Hall–Kier alpha value is -1.88. The summed E-state index contributed by atoms with van der Waals surface area (Å²) in [7, 11) is 1.66. The molecule has 0 atom stereocenters. The molecule has 0 spiro atoms. The summed E-state index contributed by atoms with van der Waals surface area (Å²) >= 11 is 0. The van der Waals surface area contributed by atoms with Crippen LogP contribution in [-0.4, -0.2) is 33.8 Å². The lowest BCUT2D eigenvalue weighted by atomic mass is 10.2. The fourth-order valence-electron chi connectivity index (χ4n) is 1.87. The van der Waals surface area contributed by atoms with E-state index in [1.54, 1.807) is 7.11 Å². The van der Waals surface area contributed by atoms with Gasteiger partial charge in [0.15, 0.2) is 0 Å². The van der Waals surface area contributed by atoms with Crippen LogP contribution in [0.1, 0.15) is 24.1 Å². The molecule has 2 rings (SSSR count). The number of rotatable bonds is 7. The van der Waals surface area contributed by atoms with Crippen LogP contribution in [0.5, 0.6) is 5.75 Å². The van der Waals surface area contributed by atoms with Crippen molar-refractivity contribution < 1.29 is 9.84 Å². The van der Waals surface area contributed by atoms with E-state index < -0.39 is 0 Å². The molecule has 0 saturated heterocycles. The van der Waals surface area contributed by atoms with Crippen LogP contribution in [0.15, 0.2) is 30.5 Å². The number of benzene rings is 1. The molecule has 2 aromatic rings. The van der Waals surface area contributed by atoms with Gasteiger partial charge in [-0.25, -0.2) is 4.68 Å². The van der Waals surface area contributed by atoms with E-state index in [9.17, 15) is 0 Å². The Labute approximate surface area is 112 Å². The van der Waals surface area contributed by atoms with E-state index in [4.69, 9.17) is 9.84 Å². The smallest absolute Gasteiger partial charge is 0.118 e. The van der Waals surface area contributed by atoms with Gasteiger partial charge in [0, 0.05) is 12.8 Å². The van der Waals surface area contributed by atoms with E-state index >= 15 is 0 Å². The van der Waals surface area contributed by atoms with E-state index in [0.717, 1.165) is 36.3 Å². The monoisotopic (exact) mass is 261 g/mol. The average molecular weight is 261 g/mol. The van der Waals surface area contributed by atoms with E-state index in [1.807, 2.05) is 35.1 Å². The summed E-state index contributed by atoms with van der Waals surface area (Å²) in [5.41, 5.74) is 2.13. The molecule has 0 aliphatic rings. The molecule has 0 aliphatic carbocycles. The molecule has 5 heteroatoms. The summed E-state index contributed by atoms with van der Waals surface area (Å²) in [6.45, 7) is 0.941. The minimum Gasteiger partial charge on any atom is -0.497 e. The molecule has 1 aromatic carbocycles. The number of hydrogen-bond donors (Lipinski definition) is 1. The predicted octanol–water partition coefficient (Wildman–Crippen LogP) is 1.65. The molecule has 5 nitrogen and oxygen atoms in total. The summed E-state index contributed by atoms with van der Waals surface area (Å²) in [6, 6.07) is 7.92. The quantitative estimate of drug-likeness (QED) is 0.770. The van der Waals surface area contributed by atoms with Gasteiger partial charge in [-0.1, -0.05) is 17.3 Å². The van der Waals surface area contributed by atoms with Crippen molar-refractivity contribution in [3.05, 3.63) is 41.7 Å².